The molecule has 0 fully saturated rings. The van der Waals surface area contributed by atoms with Crippen LogP contribution in [0.2, 0.25) is 0 Å². The van der Waals surface area contributed by atoms with Gasteiger partial charge in [-0.1, -0.05) is 18.2 Å². The van der Waals surface area contributed by atoms with Crippen molar-refractivity contribution in [2.45, 2.75) is 6.92 Å². The van der Waals surface area contributed by atoms with E-state index >= 15 is 0 Å². The largest absolute Gasteiger partial charge is 0.278 e. The van der Waals surface area contributed by atoms with E-state index in [0.29, 0.717) is 0 Å². The highest BCUT2D eigenvalue weighted by molar-refractivity contribution is 5.68. The first-order valence-electron chi connectivity index (χ1n) is 5.73. The third kappa shape index (κ3) is 2.00. The zero-order valence-electron chi connectivity index (χ0n) is 9.96. The van der Waals surface area contributed by atoms with Gasteiger partial charge in [-0.25, -0.2) is 0 Å². The first kappa shape index (κ1) is 10.7. The topological polar surface area (TPSA) is 54.5 Å². The molecule has 88 valence electrons. The van der Waals surface area contributed by atoms with Gasteiger partial charge in [0.15, 0.2) is 0 Å². The van der Waals surface area contributed by atoms with E-state index in [1.807, 2.05) is 43.3 Å². The number of nitrogens with zero attached hydrogens (tertiary/aromatic N) is 3. The van der Waals surface area contributed by atoms with Gasteiger partial charge >= 0.3 is 0 Å². The van der Waals surface area contributed by atoms with Crippen LogP contribution in [-0.4, -0.2) is 20.4 Å². The van der Waals surface area contributed by atoms with Crippen LogP contribution in [0.15, 0.2) is 48.7 Å². The Labute approximate surface area is 105 Å². The zero-order valence-corrected chi connectivity index (χ0v) is 9.96. The number of nitrogens with one attached hydrogen (secondary N) is 1. The summed E-state index contributed by atoms with van der Waals surface area (Å²) in [4.78, 5) is 0. The SMILES string of the molecule is Cc1ccc(-c2cccc(-c3ccn[nH]3)c2)nn1. The molecule has 3 aromatic rings. The van der Waals surface area contributed by atoms with Crippen molar-refractivity contribution in [1.29, 1.82) is 0 Å². The molecule has 0 amide bonds. The van der Waals surface area contributed by atoms with E-state index in [0.717, 1.165) is 28.2 Å². The zero-order chi connectivity index (χ0) is 12.4. The standard InChI is InChI=1S/C14H12N4/c1-10-5-6-13(18-16-10)11-3-2-4-12(9-11)14-7-8-15-17-14/h2-9H,1H3,(H,15,17). The summed E-state index contributed by atoms with van der Waals surface area (Å²) >= 11 is 0. The van der Waals surface area contributed by atoms with Gasteiger partial charge in [0.1, 0.15) is 0 Å². The number of aromatic amines is 1. The maximum atomic E-state index is 4.20. The van der Waals surface area contributed by atoms with E-state index < -0.39 is 0 Å². The summed E-state index contributed by atoms with van der Waals surface area (Å²) in [6.45, 7) is 1.93. The highest BCUT2D eigenvalue weighted by Gasteiger charge is 2.03. The van der Waals surface area contributed by atoms with Gasteiger partial charge in [0, 0.05) is 17.3 Å². The van der Waals surface area contributed by atoms with Crippen molar-refractivity contribution < 1.29 is 0 Å². The van der Waals surface area contributed by atoms with Gasteiger partial charge in [0.2, 0.25) is 0 Å². The van der Waals surface area contributed by atoms with Crippen molar-refractivity contribution in [3.05, 3.63) is 54.4 Å². The first-order valence-corrected chi connectivity index (χ1v) is 5.73. The average Bonchev–Trinajstić information content (AvgIpc) is 2.94. The molecule has 0 saturated heterocycles. The van der Waals surface area contributed by atoms with Crippen LogP contribution in [-0.2, 0) is 0 Å². The molecule has 1 N–H and O–H groups in total. The number of rotatable bonds is 2. The minimum absolute atomic E-state index is 0.877. The molecule has 2 aromatic heterocycles. The summed E-state index contributed by atoms with van der Waals surface area (Å²) < 4.78 is 0. The normalized spacial score (nSPS) is 10.5. The third-order valence-electron chi connectivity index (χ3n) is 2.77. The van der Waals surface area contributed by atoms with Crippen LogP contribution >= 0.6 is 0 Å². The lowest BCUT2D eigenvalue weighted by atomic mass is 10.1. The number of hydrogen-bond acceptors (Lipinski definition) is 3. The Kier molecular flexibility index (Phi) is 2.61. The molecule has 0 spiro atoms. The summed E-state index contributed by atoms with van der Waals surface area (Å²) in [5.41, 5.74) is 4.93. The molecule has 0 saturated carbocycles. The molecular weight excluding hydrogens is 224 g/mol. The van der Waals surface area contributed by atoms with Gasteiger partial charge in [-0.3, -0.25) is 5.10 Å². The molecule has 4 heteroatoms. The van der Waals surface area contributed by atoms with E-state index in [1.165, 1.54) is 0 Å². The molecule has 0 radical (unpaired) electrons. The molecule has 2 heterocycles. The lowest BCUT2D eigenvalue weighted by Crippen LogP contribution is -1.90. The van der Waals surface area contributed by atoms with Crippen LogP contribution in [0.3, 0.4) is 0 Å². The predicted molar refractivity (Wildman–Crippen MR) is 69.8 cm³/mol. The van der Waals surface area contributed by atoms with E-state index in [9.17, 15) is 0 Å². The van der Waals surface area contributed by atoms with Crippen molar-refractivity contribution in [1.82, 2.24) is 20.4 Å². The monoisotopic (exact) mass is 236 g/mol. The Morgan fingerprint density at radius 1 is 0.944 bits per heavy atom. The van der Waals surface area contributed by atoms with Gasteiger partial charge in [0.05, 0.1) is 17.1 Å². The Morgan fingerprint density at radius 2 is 1.83 bits per heavy atom. The number of aromatic nitrogens is 4. The lowest BCUT2D eigenvalue weighted by molar-refractivity contribution is 0.987. The molecular formula is C14H12N4. The summed E-state index contributed by atoms with van der Waals surface area (Å²) in [5, 5.41) is 15.2. The maximum Gasteiger partial charge on any atom is 0.0930 e. The second-order valence-electron chi connectivity index (χ2n) is 4.11. The molecule has 4 nitrogen and oxygen atoms in total. The summed E-state index contributed by atoms with van der Waals surface area (Å²) in [6.07, 6.45) is 1.74. The minimum Gasteiger partial charge on any atom is -0.278 e. The van der Waals surface area contributed by atoms with Crippen molar-refractivity contribution >= 4 is 0 Å². The fraction of sp³-hybridized carbons (Fsp3) is 0.0714. The predicted octanol–water partition coefficient (Wildman–Crippen LogP) is 2.84. The third-order valence-corrected chi connectivity index (χ3v) is 2.77. The molecule has 0 aliphatic rings. The lowest BCUT2D eigenvalue weighted by Gasteiger charge is -2.03. The molecule has 1 aromatic carbocycles. The van der Waals surface area contributed by atoms with Crippen LogP contribution < -0.4 is 0 Å². The minimum atomic E-state index is 0.877. The van der Waals surface area contributed by atoms with Crippen molar-refractivity contribution in [2.75, 3.05) is 0 Å². The van der Waals surface area contributed by atoms with Gasteiger partial charge in [0.25, 0.3) is 0 Å². The number of hydrogen-bond donors (Lipinski definition) is 1. The average molecular weight is 236 g/mol. The quantitative estimate of drug-likeness (QED) is 0.744. The van der Waals surface area contributed by atoms with Crippen molar-refractivity contribution in [2.24, 2.45) is 0 Å². The smallest absolute Gasteiger partial charge is 0.0930 e. The first-order chi connectivity index (χ1) is 8.83. The fourth-order valence-electron chi connectivity index (χ4n) is 1.82. The van der Waals surface area contributed by atoms with Crippen LogP contribution in [0, 0.1) is 6.92 Å². The fourth-order valence-corrected chi connectivity index (χ4v) is 1.82. The second kappa shape index (κ2) is 4.41. The molecule has 0 atom stereocenters. The van der Waals surface area contributed by atoms with Gasteiger partial charge in [-0.05, 0) is 31.2 Å². The molecule has 0 aliphatic carbocycles. The van der Waals surface area contributed by atoms with Crippen LogP contribution in [0.1, 0.15) is 5.69 Å². The van der Waals surface area contributed by atoms with E-state index in [-0.39, 0.29) is 0 Å². The van der Waals surface area contributed by atoms with Crippen molar-refractivity contribution in [3.63, 3.8) is 0 Å². The van der Waals surface area contributed by atoms with Crippen molar-refractivity contribution in [3.8, 4) is 22.5 Å². The highest BCUT2D eigenvalue weighted by Crippen LogP contribution is 2.23. The number of benzene rings is 1. The molecule has 3 rings (SSSR count). The molecule has 0 unspecified atom stereocenters. The van der Waals surface area contributed by atoms with E-state index in [2.05, 4.69) is 26.5 Å². The van der Waals surface area contributed by atoms with Crippen LogP contribution in [0.5, 0.6) is 0 Å². The number of H-pyrrole nitrogens is 1. The Bertz CT molecular complexity index is 642. The van der Waals surface area contributed by atoms with E-state index in [1.54, 1.807) is 6.20 Å². The van der Waals surface area contributed by atoms with Crippen LogP contribution in [0.25, 0.3) is 22.5 Å². The van der Waals surface area contributed by atoms with Gasteiger partial charge in [-0.2, -0.15) is 15.3 Å². The highest BCUT2D eigenvalue weighted by atomic mass is 15.1. The molecule has 18 heavy (non-hydrogen) atoms. The summed E-state index contributed by atoms with van der Waals surface area (Å²) in [6, 6.07) is 14.0. The maximum absolute atomic E-state index is 4.20. The van der Waals surface area contributed by atoms with Gasteiger partial charge < -0.3 is 0 Å². The summed E-state index contributed by atoms with van der Waals surface area (Å²) in [5.74, 6) is 0. The Balaban J connectivity index is 2.03. The summed E-state index contributed by atoms with van der Waals surface area (Å²) in [7, 11) is 0. The van der Waals surface area contributed by atoms with Gasteiger partial charge in [-0.15, -0.1) is 0 Å². The molecule has 0 bridgehead atoms. The molecule has 0 aliphatic heterocycles. The Morgan fingerprint density at radius 3 is 2.56 bits per heavy atom. The Hall–Kier alpha value is -2.49. The number of aryl methyl sites for hydroxylation is 1. The van der Waals surface area contributed by atoms with Crippen LogP contribution in [0.4, 0.5) is 0 Å². The van der Waals surface area contributed by atoms with E-state index in [4.69, 9.17) is 0 Å². The second-order valence-corrected chi connectivity index (χ2v) is 4.11.